The third-order valence-corrected chi connectivity index (χ3v) is 4.41. The summed E-state index contributed by atoms with van der Waals surface area (Å²) in [7, 11) is 1.81. The molecule has 0 spiro atoms. The molecular weight excluding hydrogens is 320 g/mol. The highest BCUT2D eigenvalue weighted by molar-refractivity contribution is 7.99. The lowest BCUT2D eigenvalue weighted by Gasteiger charge is -2.15. The van der Waals surface area contributed by atoms with Crippen molar-refractivity contribution in [1.82, 2.24) is 19.7 Å². The molecule has 2 heterocycles. The highest BCUT2D eigenvalue weighted by atomic mass is 32.2. The molecule has 2 aromatic heterocycles. The van der Waals surface area contributed by atoms with Crippen molar-refractivity contribution < 1.29 is 4.79 Å². The first-order chi connectivity index (χ1) is 11.7. The molecule has 0 saturated carbocycles. The third-order valence-electron chi connectivity index (χ3n) is 3.48. The highest BCUT2D eigenvalue weighted by Crippen LogP contribution is 2.15. The van der Waals surface area contributed by atoms with Crippen LogP contribution >= 0.6 is 11.8 Å². The predicted molar refractivity (Wildman–Crippen MR) is 95.0 cm³/mol. The summed E-state index contributed by atoms with van der Waals surface area (Å²) in [4.78, 5) is 18.2. The summed E-state index contributed by atoms with van der Waals surface area (Å²) in [5.41, 5.74) is 2.00. The first-order valence-electron chi connectivity index (χ1n) is 7.59. The summed E-state index contributed by atoms with van der Waals surface area (Å²) in [6, 6.07) is 15.6. The van der Waals surface area contributed by atoms with Crippen molar-refractivity contribution in [2.75, 3.05) is 12.8 Å². The van der Waals surface area contributed by atoms with Crippen LogP contribution in [0.5, 0.6) is 0 Å². The quantitative estimate of drug-likeness (QED) is 0.648. The number of hydrogen-bond acceptors (Lipinski definition) is 4. The van der Waals surface area contributed by atoms with E-state index in [1.54, 1.807) is 24.3 Å². The largest absolute Gasteiger partial charge is 0.341 e. The fraction of sp³-hybridized carbons (Fsp3) is 0.167. The van der Waals surface area contributed by atoms with Gasteiger partial charge in [-0.25, -0.2) is 9.67 Å². The van der Waals surface area contributed by atoms with Gasteiger partial charge < -0.3 is 4.90 Å². The van der Waals surface area contributed by atoms with Gasteiger partial charge in [-0.3, -0.25) is 4.79 Å². The number of amides is 1. The number of benzene rings is 1. The average Bonchev–Trinajstić information content (AvgIpc) is 3.10. The van der Waals surface area contributed by atoms with Gasteiger partial charge in [-0.05, 0) is 24.3 Å². The van der Waals surface area contributed by atoms with Crippen molar-refractivity contribution in [3.05, 3.63) is 72.7 Å². The minimum atomic E-state index is 0.0677. The number of carbonyl (C=O) groups excluding carboxylic acids is 1. The summed E-state index contributed by atoms with van der Waals surface area (Å²) in [5, 5.41) is 5.21. The lowest BCUT2D eigenvalue weighted by molar-refractivity contribution is -0.127. The summed E-state index contributed by atoms with van der Waals surface area (Å²) >= 11 is 1.45. The van der Waals surface area contributed by atoms with E-state index >= 15 is 0 Å². The molecule has 0 bridgehead atoms. The first kappa shape index (κ1) is 16.3. The van der Waals surface area contributed by atoms with Gasteiger partial charge in [0.1, 0.15) is 0 Å². The predicted octanol–water partition coefficient (Wildman–Crippen LogP) is 3.02. The van der Waals surface area contributed by atoms with E-state index in [9.17, 15) is 4.79 Å². The Morgan fingerprint density at radius 1 is 1.17 bits per heavy atom. The van der Waals surface area contributed by atoms with Gasteiger partial charge in [-0.1, -0.05) is 36.0 Å². The van der Waals surface area contributed by atoms with Crippen LogP contribution in [0.4, 0.5) is 0 Å². The molecule has 5 nitrogen and oxygen atoms in total. The van der Waals surface area contributed by atoms with E-state index in [-0.39, 0.29) is 5.91 Å². The molecule has 0 N–H and O–H groups in total. The second-order valence-electron chi connectivity index (χ2n) is 5.34. The van der Waals surface area contributed by atoms with Crippen LogP contribution < -0.4 is 0 Å². The number of nitrogens with zero attached hydrogens (tertiary/aromatic N) is 4. The molecule has 3 rings (SSSR count). The summed E-state index contributed by atoms with van der Waals surface area (Å²) < 4.78 is 1.82. The Morgan fingerprint density at radius 2 is 1.96 bits per heavy atom. The molecule has 0 saturated heterocycles. The van der Waals surface area contributed by atoms with Gasteiger partial charge in [0.05, 0.1) is 22.7 Å². The Hall–Kier alpha value is -2.60. The molecule has 1 amide bonds. The molecule has 6 heteroatoms. The number of para-hydroxylation sites is 1. The van der Waals surface area contributed by atoms with Crippen LogP contribution in [0.1, 0.15) is 5.56 Å². The van der Waals surface area contributed by atoms with Crippen LogP contribution in [0.25, 0.3) is 5.69 Å². The van der Waals surface area contributed by atoms with Crippen LogP contribution in [-0.2, 0) is 11.3 Å². The Kier molecular flexibility index (Phi) is 5.28. The van der Waals surface area contributed by atoms with Gasteiger partial charge in [0.15, 0.2) is 0 Å². The van der Waals surface area contributed by atoms with E-state index in [0.717, 1.165) is 16.3 Å². The maximum absolute atomic E-state index is 12.2. The smallest absolute Gasteiger partial charge is 0.233 e. The molecule has 0 atom stereocenters. The number of hydrogen-bond donors (Lipinski definition) is 0. The van der Waals surface area contributed by atoms with Crippen LogP contribution in [0.3, 0.4) is 0 Å². The molecule has 122 valence electrons. The van der Waals surface area contributed by atoms with Crippen LogP contribution in [0, 0.1) is 0 Å². The molecule has 0 unspecified atom stereocenters. The van der Waals surface area contributed by atoms with Crippen molar-refractivity contribution in [3.8, 4) is 5.69 Å². The Bertz CT molecular complexity index is 789. The maximum atomic E-state index is 12.2. The minimum Gasteiger partial charge on any atom is -0.341 e. The van der Waals surface area contributed by atoms with E-state index in [4.69, 9.17) is 0 Å². The first-order valence-corrected chi connectivity index (χ1v) is 8.58. The van der Waals surface area contributed by atoms with E-state index < -0.39 is 0 Å². The van der Waals surface area contributed by atoms with Gasteiger partial charge in [0.25, 0.3) is 0 Å². The van der Waals surface area contributed by atoms with Crippen molar-refractivity contribution in [3.63, 3.8) is 0 Å². The van der Waals surface area contributed by atoms with Gasteiger partial charge in [-0.15, -0.1) is 0 Å². The second kappa shape index (κ2) is 7.79. The Balaban J connectivity index is 1.55. The zero-order valence-corrected chi connectivity index (χ0v) is 14.2. The normalized spacial score (nSPS) is 10.5. The lowest BCUT2D eigenvalue weighted by Crippen LogP contribution is -2.27. The van der Waals surface area contributed by atoms with E-state index in [1.165, 1.54) is 11.8 Å². The fourth-order valence-corrected chi connectivity index (χ4v) is 3.01. The molecular formula is C18H18N4OS. The van der Waals surface area contributed by atoms with Crippen molar-refractivity contribution in [1.29, 1.82) is 0 Å². The molecule has 0 aliphatic carbocycles. The summed E-state index contributed by atoms with van der Waals surface area (Å²) in [6.45, 7) is 0.536. The summed E-state index contributed by atoms with van der Waals surface area (Å²) in [6.07, 6.45) is 5.47. The summed E-state index contributed by atoms with van der Waals surface area (Å²) in [5.74, 6) is 0.443. The van der Waals surface area contributed by atoms with Crippen LogP contribution in [0.2, 0.25) is 0 Å². The molecule has 24 heavy (non-hydrogen) atoms. The van der Waals surface area contributed by atoms with Gasteiger partial charge >= 0.3 is 0 Å². The van der Waals surface area contributed by atoms with E-state index in [2.05, 4.69) is 10.1 Å². The number of pyridine rings is 1. The van der Waals surface area contributed by atoms with E-state index in [0.29, 0.717) is 12.3 Å². The van der Waals surface area contributed by atoms with Crippen LogP contribution in [-0.4, -0.2) is 38.4 Å². The second-order valence-corrected chi connectivity index (χ2v) is 6.33. The molecule has 0 radical (unpaired) electrons. The fourth-order valence-electron chi connectivity index (χ4n) is 2.20. The number of thioether (sulfide) groups is 1. The molecule has 0 fully saturated rings. The maximum Gasteiger partial charge on any atom is 0.233 e. The zero-order valence-electron chi connectivity index (χ0n) is 13.4. The standard InChI is InChI=1S/C18H18N4OS/c1-21(18(23)14-24-17-9-5-6-10-19-17)12-15-11-20-22(13-15)16-7-3-2-4-8-16/h2-11,13H,12,14H2,1H3. The van der Waals surface area contributed by atoms with Crippen molar-refractivity contribution in [2.45, 2.75) is 11.6 Å². The molecule has 0 aliphatic heterocycles. The Morgan fingerprint density at radius 3 is 2.71 bits per heavy atom. The number of carbonyl (C=O) groups is 1. The van der Waals surface area contributed by atoms with Crippen molar-refractivity contribution in [2.24, 2.45) is 0 Å². The zero-order chi connectivity index (χ0) is 16.8. The highest BCUT2D eigenvalue weighted by Gasteiger charge is 2.11. The lowest BCUT2D eigenvalue weighted by atomic mass is 10.3. The topological polar surface area (TPSA) is 51.0 Å². The van der Waals surface area contributed by atoms with Crippen molar-refractivity contribution >= 4 is 17.7 Å². The Labute approximate surface area is 145 Å². The van der Waals surface area contributed by atoms with Crippen LogP contribution in [0.15, 0.2) is 72.1 Å². The third kappa shape index (κ3) is 4.23. The average molecular weight is 338 g/mol. The molecule has 0 aliphatic rings. The molecule has 3 aromatic rings. The van der Waals surface area contributed by atoms with Gasteiger partial charge in [0, 0.05) is 31.5 Å². The monoisotopic (exact) mass is 338 g/mol. The number of rotatable bonds is 6. The SMILES string of the molecule is CN(Cc1cnn(-c2ccccc2)c1)C(=O)CSc1ccccn1. The van der Waals surface area contributed by atoms with E-state index in [1.807, 2.05) is 59.4 Å². The van der Waals surface area contributed by atoms with Gasteiger partial charge in [0.2, 0.25) is 5.91 Å². The molecule has 1 aromatic carbocycles. The number of aromatic nitrogens is 3. The minimum absolute atomic E-state index is 0.0677. The van der Waals surface area contributed by atoms with Gasteiger partial charge in [-0.2, -0.15) is 5.10 Å².